The second-order valence-electron chi connectivity index (χ2n) is 10.4. The molecule has 27 heavy (non-hydrogen) atoms. The zero-order valence-corrected chi connectivity index (χ0v) is 16.9. The molecule has 0 bridgehead atoms. The molecule has 0 amide bonds. The van der Waals surface area contributed by atoms with Gasteiger partial charge in [0.25, 0.3) is 0 Å². The van der Waals surface area contributed by atoms with Gasteiger partial charge in [-0.3, -0.25) is 9.59 Å². The molecule has 8 atom stereocenters. The number of ketones is 1. The average molecular weight is 375 g/mol. The molecule has 0 unspecified atom stereocenters. The highest BCUT2D eigenvalue weighted by molar-refractivity contribution is 5.81. The van der Waals surface area contributed by atoms with Crippen molar-refractivity contribution in [3.63, 3.8) is 0 Å². The lowest BCUT2D eigenvalue weighted by Gasteiger charge is -2.57. The summed E-state index contributed by atoms with van der Waals surface area (Å²) in [5, 5.41) is 19.5. The summed E-state index contributed by atoms with van der Waals surface area (Å²) in [5.74, 6) is 0.891. The molecule has 4 aliphatic rings. The highest BCUT2D eigenvalue weighted by Crippen LogP contribution is 2.67. The minimum atomic E-state index is -0.774. The van der Waals surface area contributed by atoms with Crippen LogP contribution in [0.1, 0.15) is 72.1 Å². The number of hydrogen-bond acceptors (Lipinski definition) is 3. The van der Waals surface area contributed by atoms with Gasteiger partial charge in [0, 0.05) is 12.3 Å². The Morgan fingerprint density at radius 3 is 2.59 bits per heavy atom. The first-order valence-corrected chi connectivity index (χ1v) is 10.8. The first kappa shape index (κ1) is 19.2. The van der Waals surface area contributed by atoms with E-state index in [2.05, 4.69) is 19.9 Å². The van der Waals surface area contributed by atoms with Crippen molar-refractivity contribution in [3.8, 4) is 0 Å². The summed E-state index contributed by atoms with van der Waals surface area (Å²) in [6, 6.07) is 0. The van der Waals surface area contributed by atoms with Crippen LogP contribution in [0, 0.1) is 40.4 Å². The third kappa shape index (κ3) is 2.82. The van der Waals surface area contributed by atoms with Crippen molar-refractivity contribution in [1.29, 1.82) is 0 Å². The Morgan fingerprint density at radius 2 is 1.93 bits per heavy atom. The molecule has 4 aliphatic carbocycles. The molecule has 2 N–H and O–H groups in total. The van der Waals surface area contributed by atoms with Crippen LogP contribution >= 0.6 is 0 Å². The zero-order chi connectivity index (χ0) is 19.6. The fraction of sp³-hybridized carbons (Fsp3) is 0.826. The third-order valence-corrected chi connectivity index (χ3v) is 9.13. The van der Waals surface area contributed by atoms with Crippen LogP contribution in [0.3, 0.4) is 0 Å². The van der Waals surface area contributed by atoms with Crippen molar-refractivity contribution in [2.75, 3.05) is 0 Å². The smallest absolute Gasteiger partial charge is 0.303 e. The number of aliphatic hydroxyl groups excluding tert-OH is 1. The van der Waals surface area contributed by atoms with E-state index < -0.39 is 5.97 Å². The molecule has 0 heterocycles. The lowest BCUT2D eigenvalue weighted by atomic mass is 9.47. The summed E-state index contributed by atoms with van der Waals surface area (Å²) >= 11 is 0. The van der Waals surface area contributed by atoms with Crippen LogP contribution < -0.4 is 0 Å². The highest BCUT2D eigenvalue weighted by atomic mass is 16.4. The van der Waals surface area contributed by atoms with E-state index in [0.29, 0.717) is 17.8 Å². The number of carboxylic acid groups (broad SMARTS) is 1. The second-order valence-corrected chi connectivity index (χ2v) is 10.4. The zero-order valence-electron chi connectivity index (χ0n) is 16.9. The van der Waals surface area contributed by atoms with Crippen molar-refractivity contribution in [2.24, 2.45) is 40.4 Å². The number of hydrogen-bond donors (Lipinski definition) is 2. The number of carbonyl (C=O) groups excluding carboxylic acids is 1. The number of carboxylic acids is 1. The van der Waals surface area contributed by atoms with Gasteiger partial charge < -0.3 is 10.2 Å². The molecule has 3 saturated carbocycles. The average Bonchev–Trinajstić information content (AvgIpc) is 2.86. The largest absolute Gasteiger partial charge is 0.481 e. The fourth-order valence-electron chi connectivity index (χ4n) is 8.04. The topological polar surface area (TPSA) is 74.6 Å². The maximum atomic E-state index is 12.6. The Hall–Kier alpha value is -1.16. The van der Waals surface area contributed by atoms with E-state index in [1.165, 1.54) is 5.57 Å². The number of Topliss-reactive ketones (excluding diaryl/α,β-unsaturated/α-hetero) is 1. The van der Waals surface area contributed by atoms with Crippen molar-refractivity contribution < 1.29 is 19.8 Å². The summed E-state index contributed by atoms with van der Waals surface area (Å²) in [4.78, 5) is 24.0. The molecule has 150 valence electrons. The van der Waals surface area contributed by atoms with Crippen LogP contribution in [0.4, 0.5) is 0 Å². The molecule has 0 spiro atoms. The van der Waals surface area contributed by atoms with Gasteiger partial charge in [-0.1, -0.05) is 25.5 Å². The van der Waals surface area contributed by atoms with Gasteiger partial charge >= 0.3 is 5.97 Å². The van der Waals surface area contributed by atoms with Crippen LogP contribution in [-0.2, 0) is 9.59 Å². The maximum absolute atomic E-state index is 12.6. The van der Waals surface area contributed by atoms with Gasteiger partial charge in [-0.05, 0) is 86.4 Å². The molecule has 0 radical (unpaired) electrons. The van der Waals surface area contributed by atoms with Gasteiger partial charge in [0.05, 0.1) is 6.10 Å². The molecule has 0 saturated heterocycles. The molecule has 0 aromatic heterocycles. The fourth-order valence-corrected chi connectivity index (χ4v) is 8.04. The predicted octanol–water partition coefficient (Wildman–Crippen LogP) is 4.22. The number of fused-ring (bicyclic) bond motifs is 5. The normalized spacial score (nSPS) is 48.8. The van der Waals surface area contributed by atoms with E-state index in [1.807, 2.05) is 0 Å². The van der Waals surface area contributed by atoms with Gasteiger partial charge in [-0.15, -0.1) is 0 Å². The van der Waals surface area contributed by atoms with Gasteiger partial charge in [-0.2, -0.15) is 0 Å². The third-order valence-electron chi connectivity index (χ3n) is 9.13. The lowest BCUT2D eigenvalue weighted by Crippen LogP contribution is -2.51. The van der Waals surface area contributed by atoms with Crippen LogP contribution in [0.5, 0.6) is 0 Å². The van der Waals surface area contributed by atoms with E-state index in [1.54, 1.807) is 6.92 Å². The maximum Gasteiger partial charge on any atom is 0.303 e. The van der Waals surface area contributed by atoms with Gasteiger partial charge in [0.2, 0.25) is 0 Å². The molecule has 0 aliphatic heterocycles. The minimum Gasteiger partial charge on any atom is -0.481 e. The van der Waals surface area contributed by atoms with Crippen LogP contribution in [0.25, 0.3) is 0 Å². The number of rotatable bonds is 3. The van der Waals surface area contributed by atoms with Gasteiger partial charge in [0.1, 0.15) is 5.78 Å². The Labute approximate surface area is 162 Å². The first-order chi connectivity index (χ1) is 12.7. The summed E-state index contributed by atoms with van der Waals surface area (Å²) in [6.45, 7) is 6.34. The molecule has 0 aromatic rings. The molecule has 4 rings (SSSR count). The van der Waals surface area contributed by atoms with E-state index in [-0.39, 0.29) is 41.0 Å². The second kappa shape index (κ2) is 6.43. The Balaban J connectivity index is 1.67. The minimum absolute atomic E-state index is 0.0138. The number of aliphatic carboxylic acids is 1. The van der Waals surface area contributed by atoms with Crippen molar-refractivity contribution in [3.05, 3.63) is 11.6 Å². The molecular weight excluding hydrogens is 340 g/mol. The number of carbonyl (C=O) groups is 2. The number of allylic oxidation sites excluding steroid dienone is 1. The lowest BCUT2D eigenvalue weighted by molar-refractivity contribution is -0.139. The summed E-state index contributed by atoms with van der Waals surface area (Å²) < 4.78 is 0. The van der Waals surface area contributed by atoms with Gasteiger partial charge in [0.15, 0.2) is 0 Å². The predicted molar refractivity (Wildman–Crippen MR) is 103 cm³/mol. The monoisotopic (exact) mass is 374 g/mol. The Morgan fingerprint density at radius 1 is 1.19 bits per heavy atom. The van der Waals surface area contributed by atoms with Crippen LogP contribution in [-0.4, -0.2) is 28.1 Å². The number of aliphatic hydroxyl groups is 1. The molecular formula is C23H34O4. The molecule has 4 heteroatoms. The van der Waals surface area contributed by atoms with Gasteiger partial charge in [-0.25, -0.2) is 0 Å². The van der Waals surface area contributed by atoms with Crippen molar-refractivity contribution >= 4 is 11.8 Å². The van der Waals surface area contributed by atoms with E-state index in [9.17, 15) is 19.8 Å². The molecule has 3 fully saturated rings. The summed E-state index contributed by atoms with van der Waals surface area (Å²) in [5.41, 5.74) is 1.58. The Bertz CT molecular complexity index is 682. The van der Waals surface area contributed by atoms with Crippen LogP contribution in [0.2, 0.25) is 0 Å². The summed E-state index contributed by atoms with van der Waals surface area (Å²) in [7, 11) is 0. The molecule has 4 nitrogen and oxygen atoms in total. The highest BCUT2D eigenvalue weighted by Gasteiger charge is 2.62. The van der Waals surface area contributed by atoms with E-state index >= 15 is 0 Å². The molecule has 0 aromatic carbocycles. The van der Waals surface area contributed by atoms with E-state index in [4.69, 9.17) is 0 Å². The van der Waals surface area contributed by atoms with Crippen LogP contribution in [0.15, 0.2) is 11.6 Å². The van der Waals surface area contributed by atoms with Crippen molar-refractivity contribution in [2.45, 2.75) is 78.2 Å². The van der Waals surface area contributed by atoms with E-state index in [0.717, 1.165) is 44.9 Å². The van der Waals surface area contributed by atoms with Crippen molar-refractivity contribution in [1.82, 2.24) is 0 Å². The Kier molecular flexibility index (Phi) is 4.57. The SMILES string of the molecule is CC(=O)[C@H]1[C@H](CC(=O)O)C[C@H]2[C@@H]3CC=C4C[C@@H](O)CC[C@]4(C)[C@H]3CC[C@@]21C. The first-order valence-electron chi connectivity index (χ1n) is 10.8. The quantitative estimate of drug-likeness (QED) is 0.726. The summed E-state index contributed by atoms with van der Waals surface area (Å²) in [6.07, 6.45) is 9.16. The standard InChI is InChI=1S/C23H34O4/c1-13(24)21-14(11-20(26)27)10-19-17-5-4-15-12-16(25)6-8-22(15,2)18(17)7-9-23(19,21)3/h4,14,16-19,21,25H,5-12H2,1-3H3,(H,26,27)/t14-,16-,17+,18-,19-,21-,22-,23-/m0/s1.